The van der Waals surface area contributed by atoms with Crippen LogP contribution in [0.1, 0.15) is 46.5 Å². The normalized spacial score (nSPS) is 33.0. The minimum atomic E-state index is -0.526. The predicted octanol–water partition coefficient (Wildman–Crippen LogP) is 1.88. The summed E-state index contributed by atoms with van der Waals surface area (Å²) in [5.74, 6) is 0.0838. The lowest BCUT2D eigenvalue weighted by atomic mass is 9.99. The Labute approximate surface area is 122 Å². The molecule has 4 atom stereocenters. The van der Waals surface area contributed by atoms with E-state index in [0.29, 0.717) is 18.9 Å². The molecule has 0 aromatic carbocycles. The second-order valence-electron chi connectivity index (χ2n) is 6.00. The van der Waals surface area contributed by atoms with Gasteiger partial charge < -0.3 is 19.9 Å². The van der Waals surface area contributed by atoms with Crippen LogP contribution in [0.3, 0.4) is 0 Å². The third-order valence-electron chi connectivity index (χ3n) is 3.61. The van der Waals surface area contributed by atoms with E-state index in [4.69, 9.17) is 19.9 Å². The maximum Gasteiger partial charge on any atom is 0.323 e. The van der Waals surface area contributed by atoms with E-state index in [-0.39, 0.29) is 24.3 Å². The number of hydrogen-bond acceptors (Lipinski definition) is 5. The van der Waals surface area contributed by atoms with Crippen LogP contribution in [0.25, 0.3) is 0 Å². The fourth-order valence-corrected chi connectivity index (χ4v) is 2.43. The van der Waals surface area contributed by atoms with Crippen molar-refractivity contribution in [3.05, 3.63) is 0 Å². The third-order valence-corrected chi connectivity index (χ3v) is 3.61. The van der Waals surface area contributed by atoms with Gasteiger partial charge in [-0.05, 0) is 25.7 Å². The first-order valence-electron chi connectivity index (χ1n) is 7.56. The fraction of sp³-hybridized carbons (Fsp3) is 0.933. The molecule has 0 bridgehead atoms. The molecule has 1 saturated heterocycles. The molecule has 1 fully saturated rings. The molecule has 0 aromatic heterocycles. The van der Waals surface area contributed by atoms with Gasteiger partial charge in [-0.25, -0.2) is 0 Å². The number of carbonyl (C=O) groups is 1. The summed E-state index contributed by atoms with van der Waals surface area (Å²) in [5, 5.41) is 0. The van der Waals surface area contributed by atoms with Crippen molar-refractivity contribution in [2.75, 3.05) is 13.7 Å². The number of hydrogen-bond donors (Lipinski definition) is 1. The molecule has 1 aliphatic rings. The van der Waals surface area contributed by atoms with Gasteiger partial charge in [0.1, 0.15) is 18.2 Å². The zero-order valence-corrected chi connectivity index (χ0v) is 13.1. The van der Waals surface area contributed by atoms with Crippen LogP contribution in [0, 0.1) is 5.92 Å². The van der Waals surface area contributed by atoms with Gasteiger partial charge in [0.15, 0.2) is 0 Å². The molecule has 0 unspecified atom stereocenters. The van der Waals surface area contributed by atoms with Crippen molar-refractivity contribution in [1.29, 1.82) is 0 Å². The van der Waals surface area contributed by atoms with Gasteiger partial charge in [-0.15, -0.1) is 0 Å². The summed E-state index contributed by atoms with van der Waals surface area (Å²) in [6, 6.07) is -0.526. The number of ether oxygens (including phenoxy) is 3. The van der Waals surface area contributed by atoms with E-state index in [0.717, 1.165) is 19.3 Å². The van der Waals surface area contributed by atoms with Gasteiger partial charge >= 0.3 is 5.97 Å². The molecule has 0 amide bonds. The van der Waals surface area contributed by atoms with Crippen molar-refractivity contribution in [3.8, 4) is 0 Å². The summed E-state index contributed by atoms with van der Waals surface area (Å²) in [5.41, 5.74) is 5.82. The average Bonchev–Trinajstić information content (AvgIpc) is 2.39. The van der Waals surface area contributed by atoms with E-state index in [9.17, 15) is 4.79 Å². The summed E-state index contributed by atoms with van der Waals surface area (Å²) in [6.07, 6.45) is 2.81. The van der Waals surface area contributed by atoms with Gasteiger partial charge in [0.25, 0.3) is 0 Å². The molecule has 0 spiro atoms. The molecule has 5 nitrogen and oxygen atoms in total. The minimum Gasteiger partial charge on any atom is -0.459 e. The molecule has 20 heavy (non-hydrogen) atoms. The first-order chi connectivity index (χ1) is 9.45. The first kappa shape index (κ1) is 17.4. The number of methoxy groups -OCH3 is 1. The van der Waals surface area contributed by atoms with Gasteiger partial charge in [0.05, 0.1) is 6.10 Å². The Kier molecular flexibility index (Phi) is 7.48. The number of nitrogens with two attached hydrogens (primary N) is 1. The predicted molar refractivity (Wildman–Crippen MR) is 77.4 cm³/mol. The number of carbonyl (C=O) groups excluding carboxylic acids is 1. The highest BCUT2D eigenvalue weighted by atomic mass is 16.6. The molecule has 118 valence electrons. The quantitative estimate of drug-likeness (QED) is 0.799. The highest BCUT2D eigenvalue weighted by molar-refractivity contribution is 5.75. The van der Waals surface area contributed by atoms with Gasteiger partial charge in [0.2, 0.25) is 0 Å². The van der Waals surface area contributed by atoms with Crippen LogP contribution in [-0.4, -0.2) is 44.0 Å². The molecule has 0 aliphatic carbocycles. The SMILES string of the molecule is CO[C@H]1CCCC[C@H](N)C(=O)O[C@@H](C)[C@@H]1OCC(C)C. The van der Waals surface area contributed by atoms with Crippen molar-refractivity contribution in [1.82, 2.24) is 0 Å². The van der Waals surface area contributed by atoms with E-state index >= 15 is 0 Å². The maximum absolute atomic E-state index is 11.9. The summed E-state index contributed by atoms with van der Waals surface area (Å²) in [4.78, 5) is 11.9. The Morgan fingerprint density at radius 1 is 1.35 bits per heavy atom. The standard InChI is InChI=1S/C15H29NO4/c1-10(2)9-19-14-11(3)20-15(17)12(16)7-5-6-8-13(14)18-4/h10-14H,5-9,16H2,1-4H3/t11-,12-,13-,14-/m0/s1. The molecule has 5 heteroatoms. The second-order valence-corrected chi connectivity index (χ2v) is 6.00. The summed E-state index contributed by atoms with van der Waals surface area (Å²) in [7, 11) is 1.68. The molecule has 0 saturated carbocycles. The van der Waals surface area contributed by atoms with Crippen molar-refractivity contribution in [2.45, 2.75) is 70.8 Å². The van der Waals surface area contributed by atoms with Gasteiger partial charge in [0, 0.05) is 13.7 Å². The number of esters is 1. The summed E-state index contributed by atoms with van der Waals surface area (Å²) < 4.78 is 16.9. The van der Waals surface area contributed by atoms with E-state index in [1.807, 2.05) is 6.92 Å². The van der Waals surface area contributed by atoms with Gasteiger partial charge in [-0.3, -0.25) is 4.79 Å². The smallest absolute Gasteiger partial charge is 0.323 e. The molecular weight excluding hydrogens is 258 g/mol. The lowest BCUT2D eigenvalue weighted by Crippen LogP contribution is -2.45. The Morgan fingerprint density at radius 2 is 2.00 bits per heavy atom. The Morgan fingerprint density at radius 3 is 2.60 bits per heavy atom. The van der Waals surface area contributed by atoms with Gasteiger partial charge in [-0.2, -0.15) is 0 Å². The second kappa shape index (κ2) is 8.60. The molecule has 0 aromatic rings. The monoisotopic (exact) mass is 287 g/mol. The maximum atomic E-state index is 11.9. The highest BCUT2D eigenvalue weighted by Gasteiger charge is 2.32. The zero-order valence-electron chi connectivity index (χ0n) is 13.1. The van der Waals surface area contributed by atoms with Crippen LogP contribution < -0.4 is 5.73 Å². The molecule has 1 rings (SSSR count). The van der Waals surface area contributed by atoms with Gasteiger partial charge in [-0.1, -0.05) is 26.7 Å². The van der Waals surface area contributed by atoms with Crippen molar-refractivity contribution in [2.24, 2.45) is 11.7 Å². The number of cyclic esters (lactones) is 1. The minimum absolute atomic E-state index is 0.0501. The molecule has 2 N–H and O–H groups in total. The van der Waals surface area contributed by atoms with Crippen LogP contribution >= 0.6 is 0 Å². The summed E-state index contributed by atoms with van der Waals surface area (Å²) >= 11 is 0. The Bertz CT molecular complexity index is 296. The van der Waals surface area contributed by atoms with Crippen LogP contribution in [0.4, 0.5) is 0 Å². The lowest BCUT2D eigenvalue weighted by molar-refractivity contribution is -0.169. The first-order valence-corrected chi connectivity index (χ1v) is 7.56. The van der Waals surface area contributed by atoms with Crippen LogP contribution in [0.15, 0.2) is 0 Å². The van der Waals surface area contributed by atoms with E-state index < -0.39 is 6.04 Å². The average molecular weight is 287 g/mol. The number of rotatable bonds is 4. The topological polar surface area (TPSA) is 70.8 Å². The van der Waals surface area contributed by atoms with E-state index in [2.05, 4.69) is 13.8 Å². The third kappa shape index (κ3) is 5.38. The molecule has 1 heterocycles. The van der Waals surface area contributed by atoms with Crippen LogP contribution in [0.2, 0.25) is 0 Å². The van der Waals surface area contributed by atoms with E-state index in [1.54, 1.807) is 7.11 Å². The van der Waals surface area contributed by atoms with E-state index in [1.165, 1.54) is 0 Å². The van der Waals surface area contributed by atoms with Crippen molar-refractivity contribution >= 4 is 5.97 Å². The molecule has 0 radical (unpaired) electrons. The Balaban J connectivity index is 2.76. The van der Waals surface area contributed by atoms with Crippen molar-refractivity contribution in [3.63, 3.8) is 0 Å². The lowest BCUT2D eigenvalue weighted by Gasteiger charge is -2.32. The zero-order chi connectivity index (χ0) is 15.1. The molecular formula is C15H29NO4. The highest BCUT2D eigenvalue weighted by Crippen LogP contribution is 2.21. The fourth-order valence-electron chi connectivity index (χ4n) is 2.43. The van der Waals surface area contributed by atoms with Crippen molar-refractivity contribution < 1.29 is 19.0 Å². The Hall–Kier alpha value is -0.650. The summed E-state index contributed by atoms with van der Waals surface area (Å²) in [6.45, 7) is 6.66. The van der Waals surface area contributed by atoms with Crippen LogP contribution in [-0.2, 0) is 19.0 Å². The molecule has 1 aliphatic heterocycles. The largest absolute Gasteiger partial charge is 0.459 e. The van der Waals surface area contributed by atoms with Crippen LogP contribution in [0.5, 0.6) is 0 Å².